The number of rotatable bonds is 4. The lowest BCUT2D eigenvalue weighted by Gasteiger charge is -2.29. The van der Waals surface area contributed by atoms with Crippen LogP contribution in [-0.2, 0) is 14.3 Å². The van der Waals surface area contributed by atoms with Crippen LogP contribution in [0.3, 0.4) is 0 Å². The molecule has 2 aliphatic heterocycles. The normalized spacial score (nSPS) is 25.5. The van der Waals surface area contributed by atoms with E-state index >= 15 is 0 Å². The first-order chi connectivity index (χ1) is 11.0. The summed E-state index contributed by atoms with van der Waals surface area (Å²) in [6, 6.07) is 6.14. The molecule has 1 amide bonds. The molecule has 0 aliphatic carbocycles. The average Bonchev–Trinajstić information content (AvgIpc) is 3.09. The van der Waals surface area contributed by atoms with E-state index in [2.05, 4.69) is 0 Å². The number of fused-ring (bicyclic) bond motifs is 1. The summed E-state index contributed by atoms with van der Waals surface area (Å²) < 4.78 is 18.3. The summed E-state index contributed by atoms with van der Waals surface area (Å²) in [5.74, 6) is -0.907. The van der Waals surface area contributed by atoms with Crippen molar-refractivity contribution in [1.82, 2.24) is 10.0 Å². The summed E-state index contributed by atoms with van der Waals surface area (Å²) in [4.78, 5) is 24.3. The van der Waals surface area contributed by atoms with E-state index in [9.17, 15) is 14.0 Å². The van der Waals surface area contributed by atoms with Crippen LogP contribution in [0.1, 0.15) is 38.3 Å². The van der Waals surface area contributed by atoms with Gasteiger partial charge in [-0.05, 0) is 38.0 Å². The van der Waals surface area contributed by atoms with Crippen LogP contribution in [0.4, 0.5) is 4.39 Å². The molecule has 23 heavy (non-hydrogen) atoms. The Morgan fingerprint density at radius 3 is 2.74 bits per heavy atom. The van der Waals surface area contributed by atoms with Gasteiger partial charge in [-0.2, -0.15) is 0 Å². The third-order valence-electron chi connectivity index (χ3n) is 4.72. The Balaban J connectivity index is 1.86. The third kappa shape index (κ3) is 2.83. The average molecular weight is 320 g/mol. The molecule has 3 rings (SSSR count). The summed E-state index contributed by atoms with van der Waals surface area (Å²) in [6.07, 6.45) is 1.10. The molecule has 2 heterocycles. The minimum absolute atomic E-state index is 0.0103. The van der Waals surface area contributed by atoms with Crippen LogP contribution in [0.2, 0.25) is 0 Å². The summed E-state index contributed by atoms with van der Waals surface area (Å²) >= 11 is 0. The molecule has 1 unspecified atom stereocenters. The SMILES string of the molecule is CCOC(=O)C(C)[C@@H]1C[C@H](c2ccc(F)cc2)N2CCC(=O)N12. The molecular formula is C17H21FN2O3. The molecule has 0 saturated carbocycles. The van der Waals surface area contributed by atoms with Gasteiger partial charge in [-0.25, -0.2) is 9.40 Å². The lowest BCUT2D eigenvalue weighted by atomic mass is 9.93. The highest BCUT2D eigenvalue weighted by Gasteiger charge is 2.49. The Kier molecular flexibility index (Phi) is 4.35. The molecule has 2 saturated heterocycles. The molecular weight excluding hydrogens is 299 g/mol. The summed E-state index contributed by atoms with van der Waals surface area (Å²) in [6.45, 7) is 4.54. The van der Waals surface area contributed by atoms with Gasteiger partial charge in [-0.3, -0.25) is 14.6 Å². The number of amides is 1. The van der Waals surface area contributed by atoms with Crippen molar-refractivity contribution in [3.8, 4) is 0 Å². The molecule has 0 spiro atoms. The van der Waals surface area contributed by atoms with Crippen molar-refractivity contribution < 1.29 is 18.7 Å². The second kappa shape index (κ2) is 6.28. The Bertz CT molecular complexity index is 604. The predicted molar refractivity (Wildman–Crippen MR) is 81.5 cm³/mol. The third-order valence-corrected chi connectivity index (χ3v) is 4.72. The van der Waals surface area contributed by atoms with Crippen molar-refractivity contribution in [3.05, 3.63) is 35.6 Å². The number of ether oxygens (including phenoxy) is 1. The highest BCUT2D eigenvalue weighted by Crippen LogP contribution is 2.42. The second-order valence-electron chi connectivity index (χ2n) is 6.06. The van der Waals surface area contributed by atoms with Gasteiger partial charge in [0.2, 0.25) is 5.91 Å². The van der Waals surface area contributed by atoms with Gasteiger partial charge >= 0.3 is 5.97 Å². The molecule has 6 heteroatoms. The minimum atomic E-state index is -0.384. The van der Waals surface area contributed by atoms with Crippen molar-refractivity contribution in [2.75, 3.05) is 13.2 Å². The van der Waals surface area contributed by atoms with Gasteiger partial charge in [-0.15, -0.1) is 0 Å². The van der Waals surface area contributed by atoms with E-state index in [0.717, 1.165) is 5.56 Å². The van der Waals surface area contributed by atoms with Crippen molar-refractivity contribution in [3.63, 3.8) is 0 Å². The Labute approximate surface area is 135 Å². The Morgan fingerprint density at radius 2 is 2.09 bits per heavy atom. The Morgan fingerprint density at radius 1 is 1.39 bits per heavy atom. The number of carbonyl (C=O) groups is 2. The van der Waals surface area contributed by atoms with Crippen molar-refractivity contribution in [2.45, 2.75) is 38.8 Å². The van der Waals surface area contributed by atoms with E-state index in [-0.39, 0.29) is 35.7 Å². The number of halogens is 1. The maximum Gasteiger partial charge on any atom is 0.310 e. The molecule has 0 bridgehead atoms. The first kappa shape index (κ1) is 15.9. The smallest absolute Gasteiger partial charge is 0.310 e. The largest absolute Gasteiger partial charge is 0.466 e. The van der Waals surface area contributed by atoms with Crippen LogP contribution in [0, 0.1) is 11.7 Å². The lowest BCUT2D eigenvalue weighted by molar-refractivity contribution is -0.153. The highest BCUT2D eigenvalue weighted by atomic mass is 19.1. The van der Waals surface area contributed by atoms with Crippen molar-refractivity contribution in [2.24, 2.45) is 5.92 Å². The maximum absolute atomic E-state index is 13.2. The van der Waals surface area contributed by atoms with Crippen molar-refractivity contribution in [1.29, 1.82) is 0 Å². The monoisotopic (exact) mass is 320 g/mol. The zero-order chi connectivity index (χ0) is 16.6. The first-order valence-electron chi connectivity index (χ1n) is 8.03. The fourth-order valence-corrected chi connectivity index (χ4v) is 3.55. The minimum Gasteiger partial charge on any atom is -0.466 e. The molecule has 5 nitrogen and oxygen atoms in total. The van der Waals surface area contributed by atoms with Gasteiger partial charge in [0.1, 0.15) is 5.82 Å². The van der Waals surface area contributed by atoms with Crippen LogP contribution >= 0.6 is 0 Å². The van der Waals surface area contributed by atoms with E-state index in [0.29, 0.717) is 26.0 Å². The standard InChI is InChI=1S/C17H21FN2O3/c1-3-23-17(22)11(2)14-10-15(12-4-6-13(18)7-5-12)19-9-8-16(21)20(14)19/h4-7,11,14-15H,3,8-10H2,1-2H3/t11?,14-,15+/m0/s1. The molecule has 1 aromatic rings. The quantitative estimate of drug-likeness (QED) is 0.799. The zero-order valence-corrected chi connectivity index (χ0v) is 13.4. The number of esters is 1. The molecule has 124 valence electrons. The van der Waals surface area contributed by atoms with Gasteiger partial charge in [0.25, 0.3) is 0 Å². The van der Waals surface area contributed by atoms with Gasteiger partial charge < -0.3 is 4.74 Å². The fourth-order valence-electron chi connectivity index (χ4n) is 3.55. The highest BCUT2D eigenvalue weighted by molar-refractivity contribution is 5.80. The number of nitrogens with zero attached hydrogens (tertiary/aromatic N) is 2. The van der Waals surface area contributed by atoms with Crippen molar-refractivity contribution >= 4 is 11.9 Å². The molecule has 2 fully saturated rings. The number of hydrogen-bond donors (Lipinski definition) is 0. The summed E-state index contributed by atoms with van der Waals surface area (Å²) in [7, 11) is 0. The van der Waals surface area contributed by atoms with Gasteiger partial charge in [0, 0.05) is 13.0 Å². The topological polar surface area (TPSA) is 49.9 Å². The van der Waals surface area contributed by atoms with E-state index in [4.69, 9.17) is 4.74 Å². The Hall–Kier alpha value is -1.95. The molecule has 0 aromatic heterocycles. The van der Waals surface area contributed by atoms with Crippen LogP contribution in [-0.4, -0.2) is 41.1 Å². The fraction of sp³-hybridized carbons (Fsp3) is 0.529. The van der Waals surface area contributed by atoms with Crippen LogP contribution in [0.25, 0.3) is 0 Å². The number of hydrogen-bond acceptors (Lipinski definition) is 4. The van der Waals surface area contributed by atoms with Gasteiger partial charge in [0.05, 0.1) is 24.6 Å². The molecule has 2 aliphatic rings. The molecule has 3 atom stereocenters. The predicted octanol–water partition coefficient (Wildman–Crippen LogP) is 2.29. The zero-order valence-electron chi connectivity index (χ0n) is 13.4. The number of benzene rings is 1. The first-order valence-corrected chi connectivity index (χ1v) is 8.03. The van der Waals surface area contributed by atoms with E-state index < -0.39 is 0 Å². The number of hydrazine groups is 1. The maximum atomic E-state index is 13.2. The van der Waals surface area contributed by atoms with Crippen LogP contribution < -0.4 is 0 Å². The van der Waals surface area contributed by atoms with E-state index in [1.807, 2.05) is 5.01 Å². The lowest BCUT2D eigenvalue weighted by Crippen LogP contribution is -2.43. The summed E-state index contributed by atoms with van der Waals surface area (Å²) in [5.41, 5.74) is 0.963. The molecule has 0 radical (unpaired) electrons. The van der Waals surface area contributed by atoms with E-state index in [1.54, 1.807) is 31.0 Å². The molecule has 0 N–H and O–H groups in total. The van der Waals surface area contributed by atoms with Gasteiger partial charge in [0.15, 0.2) is 0 Å². The van der Waals surface area contributed by atoms with E-state index in [1.165, 1.54) is 12.1 Å². The number of carbonyl (C=O) groups excluding carboxylic acids is 2. The van der Waals surface area contributed by atoms with Crippen LogP contribution in [0.5, 0.6) is 0 Å². The van der Waals surface area contributed by atoms with Crippen LogP contribution in [0.15, 0.2) is 24.3 Å². The van der Waals surface area contributed by atoms with Gasteiger partial charge in [-0.1, -0.05) is 12.1 Å². The summed E-state index contributed by atoms with van der Waals surface area (Å²) in [5, 5.41) is 3.73. The molecule has 1 aromatic carbocycles. The second-order valence-corrected chi connectivity index (χ2v) is 6.06.